The van der Waals surface area contributed by atoms with E-state index in [2.05, 4.69) is 10.1 Å². The van der Waals surface area contributed by atoms with Crippen LogP contribution in [0.1, 0.15) is 19.4 Å². The normalized spacial score (nSPS) is 11.3. The Hall–Kier alpha value is -3.34. The Balaban J connectivity index is 2.07. The zero-order valence-corrected chi connectivity index (χ0v) is 15.6. The Morgan fingerprint density at radius 2 is 1.63 bits per heavy atom. The van der Waals surface area contributed by atoms with E-state index >= 15 is 0 Å². The van der Waals surface area contributed by atoms with Crippen molar-refractivity contribution in [3.8, 4) is 16.9 Å². The highest BCUT2D eigenvalue weighted by molar-refractivity contribution is 6.13. The average molecular weight is 359 g/mol. The predicted molar refractivity (Wildman–Crippen MR) is 107 cm³/mol. The molecule has 0 aliphatic rings. The van der Waals surface area contributed by atoms with Crippen molar-refractivity contribution in [3.05, 3.63) is 66.2 Å². The van der Waals surface area contributed by atoms with E-state index in [1.165, 1.54) is 25.6 Å². The molecular formula is C22H21N3O2. The number of aromatic nitrogens is 2. The minimum Gasteiger partial charge on any atom is -0.299 e. The first-order chi connectivity index (χ1) is 13.0. The van der Waals surface area contributed by atoms with Gasteiger partial charge in [-0.05, 0) is 32.9 Å². The van der Waals surface area contributed by atoms with Crippen LogP contribution < -0.4 is 0 Å². The van der Waals surface area contributed by atoms with Crippen LogP contribution in [-0.2, 0) is 9.59 Å². The molecule has 1 heterocycles. The highest BCUT2D eigenvalue weighted by Crippen LogP contribution is 2.27. The van der Waals surface area contributed by atoms with Gasteiger partial charge in [0, 0.05) is 17.8 Å². The van der Waals surface area contributed by atoms with Crippen molar-refractivity contribution in [2.24, 2.45) is 10.9 Å². The molecule has 5 heteroatoms. The quantitative estimate of drug-likeness (QED) is 0.486. The lowest BCUT2D eigenvalue weighted by atomic mass is 10.0. The molecule has 0 spiro atoms. The summed E-state index contributed by atoms with van der Waals surface area (Å²) >= 11 is 0. The van der Waals surface area contributed by atoms with Gasteiger partial charge in [-0.25, -0.2) is 9.67 Å². The number of hydrogen-bond donors (Lipinski definition) is 0. The van der Waals surface area contributed by atoms with Crippen molar-refractivity contribution in [3.63, 3.8) is 0 Å². The van der Waals surface area contributed by atoms with E-state index in [1.807, 2.05) is 67.6 Å². The number of aryl methyl sites for hydroxylation is 1. The number of hydrogen-bond acceptors (Lipinski definition) is 4. The molecule has 27 heavy (non-hydrogen) atoms. The zero-order chi connectivity index (χ0) is 19.4. The fraction of sp³-hybridized carbons (Fsp3) is 0.182. The molecule has 0 amide bonds. The first-order valence-electron chi connectivity index (χ1n) is 8.73. The van der Waals surface area contributed by atoms with Gasteiger partial charge in [0.05, 0.1) is 11.4 Å². The van der Waals surface area contributed by atoms with E-state index in [4.69, 9.17) is 0 Å². The first kappa shape index (κ1) is 18.5. The molecule has 0 N–H and O–H groups in total. The summed E-state index contributed by atoms with van der Waals surface area (Å²) in [6.07, 6.45) is 1.40. The number of carbonyl (C=O) groups is 2. The van der Waals surface area contributed by atoms with Gasteiger partial charge in [-0.2, -0.15) is 5.10 Å². The van der Waals surface area contributed by atoms with E-state index in [0.29, 0.717) is 5.82 Å². The summed E-state index contributed by atoms with van der Waals surface area (Å²) in [5.74, 6) is -0.734. The SMILES string of the molecule is CC(=O)C(C=Nc1cc(-c2ccc(C)cc2)nn1-c1ccccc1)C(C)=O. The van der Waals surface area contributed by atoms with Crippen LogP contribution in [0.4, 0.5) is 5.82 Å². The molecule has 3 rings (SSSR count). The smallest absolute Gasteiger partial charge is 0.155 e. The lowest BCUT2D eigenvalue weighted by Crippen LogP contribution is -2.20. The second-order valence-electron chi connectivity index (χ2n) is 6.48. The Bertz CT molecular complexity index is 972. The maximum absolute atomic E-state index is 11.7. The third-order valence-electron chi connectivity index (χ3n) is 4.27. The van der Waals surface area contributed by atoms with Gasteiger partial charge in [0.2, 0.25) is 0 Å². The molecule has 136 valence electrons. The molecule has 0 radical (unpaired) electrons. The van der Waals surface area contributed by atoms with Crippen LogP contribution in [0, 0.1) is 12.8 Å². The van der Waals surface area contributed by atoms with Crippen molar-refractivity contribution in [2.45, 2.75) is 20.8 Å². The maximum Gasteiger partial charge on any atom is 0.155 e. The first-order valence-corrected chi connectivity index (χ1v) is 8.73. The molecule has 0 bridgehead atoms. The van der Waals surface area contributed by atoms with Gasteiger partial charge in [-0.1, -0.05) is 48.0 Å². The molecule has 3 aromatic rings. The molecule has 0 unspecified atom stereocenters. The fourth-order valence-corrected chi connectivity index (χ4v) is 2.73. The average Bonchev–Trinajstić information content (AvgIpc) is 3.07. The molecule has 0 aliphatic heterocycles. The topological polar surface area (TPSA) is 64.3 Å². The van der Waals surface area contributed by atoms with Crippen LogP contribution in [-0.4, -0.2) is 27.6 Å². The molecule has 0 aliphatic carbocycles. The summed E-state index contributed by atoms with van der Waals surface area (Å²) in [5, 5.41) is 4.68. The van der Waals surface area contributed by atoms with Gasteiger partial charge in [0.15, 0.2) is 5.82 Å². The summed E-state index contributed by atoms with van der Waals surface area (Å²) in [6, 6.07) is 19.6. The Morgan fingerprint density at radius 1 is 1.00 bits per heavy atom. The largest absolute Gasteiger partial charge is 0.299 e. The number of ketones is 2. The number of nitrogens with zero attached hydrogens (tertiary/aromatic N) is 3. The molecule has 0 saturated heterocycles. The lowest BCUT2D eigenvalue weighted by Gasteiger charge is -2.05. The molecule has 0 saturated carbocycles. The van der Waals surface area contributed by atoms with Crippen LogP contribution in [0.5, 0.6) is 0 Å². The van der Waals surface area contributed by atoms with Gasteiger partial charge in [0.25, 0.3) is 0 Å². The van der Waals surface area contributed by atoms with Crippen LogP contribution in [0.2, 0.25) is 0 Å². The molecule has 5 nitrogen and oxygen atoms in total. The van der Waals surface area contributed by atoms with Crippen LogP contribution >= 0.6 is 0 Å². The van der Waals surface area contributed by atoms with Crippen molar-refractivity contribution in [1.29, 1.82) is 0 Å². The number of para-hydroxylation sites is 1. The number of rotatable bonds is 6. The van der Waals surface area contributed by atoms with E-state index < -0.39 is 5.92 Å². The summed E-state index contributed by atoms with van der Waals surface area (Å²) in [7, 11) is 0. The number of aliphatic imine (C=N–C) groups is 1. The predicted octanol–water partition coefficient (Wildman–Crippen LogP) is 4.34. The lowest BCUT2D eigenvalue weighted by molar-refractivity contribution is -0.127. The van der Waals surface area contributed by atoms with E-state index in [9.17, 15) is 9.59 Å². The molecule has 0 fully saturated rings. The molecule has 1 aromatic heterocycles. The van der Waals surface area contributed by atoms with Gasteiger partial charge >= 0.3 is 0 Å². The van der Waals surface area contributed by atoms with Crippen molar-refractivity contribution in [2.75, 3.05) is 0 Å². The van der Waals surface area contributed by atoms with E-state index in [1.54, 1.807) is 4.68 Å². The number of benzene rings is 2. The summed E-state index contributed by atoms with van der Waals surface area (Å²) in [4.78, 5) is 27.8. The van der Waals surface area contributed by atoms with E-state index in [0.717, 1.165) is 16.9 Å². The maximum atomic E-state index is 11.7. The van der Waals surface area contributed by atoms with Crippen molar-refractivity contribution >= 4 is 23.6 Å². The van der Waals surface area contributed by atoms with Gasteiger partial charge in [0.1, 0.15) is 17.5 Å². The van der Waals surface area contributed by atoms with Crippen molar-refractivity contribution < 1.29 is 9.59 Å². The molecular weight excluding hydrogens is 338 g/mol. The number of Topliss-reactive ketones (excluding diaryl/α,β-unsaturated/α-hetero) is 2. The monoisotopic (exact) mass is 359 g/mol. The summed E-state index contributed by atoms with van der Waals surface area (Å²) < 4.78 is 1.71. The minimum absolute atomic E-state index is 0.226. The highest BCUT2D eigenvalue weighted by Gasteiger charge is 2.17. The molecule has 0 atom stereocenters. The van der Waals surface area contributed by atoms with Gasteiger partial charge < -0.3 is 0 Å². The second-order valence-corrected chi connectivity index (χ2v) is 6.48. The van der Waals surface area contributed by atoms with Crippen LogP contribution in [0.3, 0.4) is 0 Å². The molecule has 2 aromatic carbocycles. The zero-order valence-electron chi connectivity index (χ0n) is 15.6. The minimum atomic E-state index is -0.841. The Morgan fingerprint density at radius 3 is 2.22 bits per heavy atom. The Labute approximate surface area is 158 Å². The Kier molecular flexibility index (Phi) is 5.41. The second kappa shape index (κ2) is 7.91. The van der Waals surface area contributed by atoms with Gasteiger partial charge in [-0.3, -0.25) is 9.59 Å². The van der Waals surface area contributed by atoms with Crippen LogP contribution in [0.15, 0.2) is 65.7 Å². The summed E-state index contributed by atoms with van der Waals surface area (Å²) in [5.41, 5.74) is 3.77. The highest BCUT2D eigenvalue weighted by atomic mass is 16.1. The third kappa shape index (κ3) is 4.26. The van der Waals surface area contributed by atoms with Crippen molar-refractivity contribution in [1.82, 2.24) is 9.78 Å². The summed E-state index contributed by atoms with van der Waals surface area (Å²) in [6.45, 7) is 4.82. The number of carbonyl (C=O) groups excluding carboxylic acids is 2. The third-order valence-corrected chi connectivity index (χ3v) is 4.27. The standard InChI is InChI=1S/C22H21N3O2/c1-15-9-11-18(12-10-15)21-13-22(23-14-20(16(2)26)17(3)27)25(24-21)19-7-5-4-6-8-19/h4-14,20H,1-3H3. The van der Waals surface area contributed by atoms with Crippen LogP contribution in [0.25, 0.3) is 16.9 Å². The fourth-order valence-electron chi connectivity index (χ4n) is 2.73. The van der Waals surface area contributed by atoms with E-state index in [-0.39, 0.29) is 11.6 Å². The van der Waals surface area contributed by atoms with Gasteiger partial charge in [-0.15, -0.1) is 0 Å².